The quantitative estimate of drug-likeness (QED) is 0.687. The standard InChI is InChI=1S/C10H15N3O/c1-7-4-8(11)5-9(13-7)10-6-12-2-3-14-10/h4-5,10,12H,2-3,6H2,1H3,(H2,11,13)/t10-/m1/s1. The lowest BCUT2D eigenvalue weighted by Gasteiger charge is -2.23. The van der Waals surface area contributed by atoms with Crippen LogP contribution in [-0.4, -0.2) is 24.7 Å². The largest absolute Gasteiger partial charge is 0.399 e. The normalized spacial score (nSPS) is 22.2. The molecule has 4 heteroatoms. The van der Waals surface area contributed by atoms with Gasteiger partial charge in [0.05, 0.1) is 12.3 Å². The highest BCUT2D eigenvalue weighted by Crippen LogP contribution is 2.19. The first-order valence-electron chi connectivity index (χ1n) is 4.82. The average molecular weight is 193 g/mol. The maximum absolute atomic E-state index is 5.75. The van der Waals surface area contributed by atoms with Crippen molar-refractivity contribution in [1.29, 1.82) is 0 Å². The predicted octanol–water partition coefficient (Wildman–Crippen LogP) is 0.633. The van der Waals surface area contributed by atoms with Crippen LogP contribution in [0.15, 0.2) is 12.1 Å². The van der Waals surface area contributed by atoms with Gasteiger partial charge < -0.3 is 15.8 Å². The van der Waals surface area contributed by atoms with Crippen LogP contribution in [0.1, 0.15) is 17.5 Å². The molecule has 2 rings (SSSR count). The number of aryl methyl sites for hydroxylation is 1. The average Bonchev–Trinajstić information content (AvgIpc) is 2.18. The van der Waals surface area contributed by atoms with Gasteiger partial charge in [-0.2, -0.15) is 0 Å². The van der Waals surface area contributed by atoms with Gasteiger partial charge in [-0.25, -0.2) is 0 Å². The van der Waals surface area contributed by atoms with Gasteiger partial charge in [-0.15, -0.1) is 0 Å². The van der Waals surface area contributed by atoms with Gasteiger partial charge in [-0.1, -0.05) is 0 Å². The summed E-state index contributed by atoms with van der Waals surface area (Å²) >= 11 is 0. The van der Waals surface area contributed by atoms with Gasteiger partial charge in [-0.05, 0) is 19.1 Å². The van der Waals surface area contributed by atoms with E-state index in [2.05, 4.69) is 10.3 Å². The lowest BCUT2D eigenvalue weighted by atomic mass is 10.2. The number of anilines is 1. The van der Waals surface area contributed by atoms with E-state index < -0.39 is 0 Å². The minimum atomic E-state index is 0.0472. The molecular weight excluding hydrogens is 178 g/mol. The molecule has 1 aromatic rings. The van der Waals surface area contributed by atoms with Gasteiger partial charge in [0, 0.05) is 24.5 Å². The zero-order chi connectivity index (χ0) is 9.97. The maximum Gasteiger partial charge on any atom is 0.112 e. The lowest BCUT2D eigenvalue weighted by Crippen LogP contribution is -2.33. The molecule has 1 aromatic heterocycles. The number of nitrogens with two attached hydrogens (primary N) is 1. The van der Waals surface area contributed by atoms with Gasteiger partial charge in [0.1, 0.15) is 6.10 Å². The summed E-state index contributed by atoms with van der Waals surface area (Å²) in [4.78, 5) is 4.41. The van der Waals surface area contributed by atoms with E-state index in [1.807, 2.05) is 19.1 Å². The number of morpholine rings is 1. The molecule has 1 aliphatic heterocycles. The first-order chi connectivity index (χ1) is 6.75. The summed E-state index contributed by atoms with van der Waals surface area (Å²) in [6.07, 6.45) is 0.0472. The summed E-state index contributed by atoms with van der Waals surface area (Å²) in [6, 6.07) is 3.74. The van der Waals surface area contributed by atoms with E-state index in [9.17, 15) is 0 Å². The Kier molecular flexibility index (Phi) is 2.65. The van der Waals surface area contributed by atoms with Crippen LogP contribution in [0.4, 0.5) is 5.69 Å². The molecule has 0 radical (unpaired) electrons. The van der Waals surface area contributed by atoms with Crippen LogP contribution >= 0.6 is 0 Å². The molecule has 0 saturated carbocycles. The molecule has 0 unspecified atom stereocenters. The predicted molar refractivity (Wildman–Crippen MR) is 54.9 cm³/mol. The number of hydrogen-bond donors (Lipinski definition) is 2. The van der Waals surface area contributed by atoms with Crippen LogP contribution in [0.2, 0.25) is 0 Å². The molecule has 1 atom stereocenters. The van der Waals surface area contributed by atoms with Crippen LogP contribution in [0.3, 0.4) is 0 Å². The Labute approximate surface area is 83.5 Å². The van der Waals surface area contributed by atoms with Gasteiger partial charge in [0.25, 0.3) is 0 Å². The number of aromatic nitrogens is 1. The smallest absolute Gasteiger partial charge is 0.112 e. The molecule has 4 nitrogen and oxygen atoms in total. The fourth-order valence-corrected chi connectivity index (χ4v) is 1.64. The van der Waals surface area contributed by atoms with E-state index in [0.29, 0.717) is 0 Å². The fourth-order valence-electron chi connectivity index (χ4n) is 1.64. The van der Waals surface area contributed by atoms with Crippen molar-refractivity contribution < 1.29 is 4.74 Å². The van der Waals surface area contributed by atoms with E-state index in [0.717, 1.165) is 36.8 Å². The van der Waals surface area contributed by atoms with Crippen molar-refractivity contribution >= 4 is 5.69 Å². The van der Waals surface area contributed by atoms with Crippen molar-refractivity contribution in [2.24, 2.45) is 0 Å². The first-order valence-corrected chi connectivity index (χ1v) is 4.82. The van der Waals surface area contributed by atoms with E-state index in [1.165, 1.54) is 0 Å². The second kappa shape index (κ2) is 3.94. The van der Waals surface area contributed by atoms with E-state index in [-0.39, 0.29) is 6.10 Å². The van der Waals surface area contributed by atoms with Crippen molar-refractivity contribution in [1.82, 2.24) is 10.3 Å². The Morgan fingerprint density at radius 1 is 1.57 bits per heavy atom. The third-order valence-corrected chi connectivity index (χ3v) is 2.25. The summed E-state index contributed by atoms with van der Waals surface area (Å²) in [5.74, 6) is 0. The Morgan fingerprint density at radius 2 is 2.43 bits per heavy atom. The van der Waals surface area contributed by atoms with Gasteiger partial charge in [0.15, 0.2) is 0 Å². The van der Waals surface area contributed by atoms with Gasteiger partial charge in [-0.3, -0.25) is 4.98 Å². The molecule has 76 valence electrons. The number of pyridine rings is 1. The maximum atomic E-state index is 5.75. The molecular formula is C10H15N3O. The van der Waals surface area contributed by atoms with Crippen molar-refractivity contribution in [3.63, 3.8) is 0 Å². The fraction of sp³-hybridized carbons (Fsp3) is 0.500. The van der Waals surface area contributed by atoms with E-state index in [4.69, 9.17) is 10.5 Å². The van der Waals surface area contributed by atoms with E-state index in [1.54, 1.807) is 0 Å². The highest BCUT2D eigenvalue weighted by molar-refractivity contribution is 5.40. The monoisotopic (exact) mass is 193 g/mol. The van der Waals surface area contributed by atoms with Crippen LogP contribution in [-0.2, 0) is 4.74 Å². The number of rotatable bonds is 1. The summed E-state index contributed by atoms with van der Waals surface area (Å²) in [5.41, 5.74) is 8.37. The molecule has 3 N–H and O–H groups in total. The SMILES string of the molecule is Cc1cc(N)cc([C@H]2CNCCO2)n1. The number of nitrogens with one attached hydrogen (secondary N) is 1. The summed E-state index contributed by atoms with van der Waals surface area (Å²) in [5, 5.41) is 3.27. The lowest BCUT2D eigenvalue weighted by molar-refractivity contribution is 0.0250. The molecule has 1 fully saturated rings. The molecule has 1 saturated heterocycles. The molecule has 0 aliphatic carbocycles. The number of ether oxygens (including phenoxy) is 1. The van der Waals surface area contributed by atoms with Gasteiger partial charge in [0.2, 0.25) is 0 Å². The third kappa shape index (κ3) is 2.02. The molecule has 2 heterocycles. The minimum Gasteiger partial charge on any atom is -0.399 e. The number of hydrogen-bond acceptors (Lipinski definition) is 4. The third-order valence-electron chi connectivity index (χ3n) is 2.25. The van der Waals surface area contributed by atoms with Crippen molar-refractivity contribution in [3.8, 4) is 0 Å². The number of nitrogen functional groups attached to an aromatic ring is 1. The molecule has 0 spiro atoms. The van der Waals surface area contributed by atoms with Crippen LogP contribution < -0.4 is 11.1 Å². The molecule has 1 aliphatic rings. The molecule has 0 aromatic carbocycles. The summed E-state index contributed by atoms with van der Waals surface area (Å²) in [7, 11) is 0. The van der Waals surface area contributed by atoms with Crippen molar-refractivity contribution in [2.45, 2.75) is 13.0 Å². The Morgan fingerprint density at radius 3 is 3.07 bits per heavy atom. The minimum absolute atomic E-state index is 0.0472. The van der Waals surface area contributed by atoms with Crippen LogP contribution in [0.25, 0.3) is 0 Å². The van der Waals surface area contributed by atoms with Crippen LogP contribution in [0, 0.1) is 6.92 Å². The second-order valence-corrected chi connectivity index (χ2v) is 3.53. The zero-order valence-electron chi connectivity index (χ0n) is 8.29. The molecule has 14 heavy (non-hydrogen) atoms. The molecule has 0 amide bonds. The highest BCUT2D eigenvalue weighted by atomic mass is 16.5. The summed E-state index contributed by atoms with van der Waals surface area (Å²) < 4.78 is 5.59. The Bertz CT molecular complexity index is 301. The summed E-state index contributed by atoms with van der Waals surface area (Å²) in [6.45, 7) is 4.41. The second-order valence-electron chi connectivity index (χ2n) is 3.53. The van der Waals surface area contributed by atoms with E-state index >= 15 is 0 Å². The Balaban J connectivity index is 2.21. The highest BCUT2D eigenvalue weighted by Gasteiger charge is 2.17. The topological polar surface area (TPSA) is 60.2 Å². The number of nitrogens with zero attached hydrogens (tertiary/aromatic N) is 1. The van der Waals surface area contributed by atoms with Crippen LogP contribution in [0.5, 0.6) is 0 Å². The van der Waals surface area contributed by atoms with Crippen molar-refractivity contribution in [3.05, 3.63) is 23.5 Å². The first kappa shape index (κ1) is 9.43. The Hall–Kier alpha value is -1.13. The van der Waals surface area contributed by atoms with Crippen molar-refractivity contribution in [2.75, 3.05) is 25.4 Å². The molecule has 0 bridgehead atoms. The zero-order valence-corrected chi connectivity index (χ0v) is 8.29. The van der Waals surface area contributed by atoms with Gasteiger partial charge >= 0.3 is 0 Å².